The molecule has 0 spiro atoms. The molecule has 0 aliphatic carbocycles. The van der Waals surface area contributed by atoms with Gasteiger partial charge in [0.05, 0.1) is 11.9 Å². The molecule has 3 aromatic carbocycles. The minimum Gasteiger partial charge on any atom is -0.352 e. The van der Waals surface area contributed by atoms with Crippen molar-refractivity contribution in [1.29, 1.82) is 0 Å². The molecule has 0 radical (unpaired) electrons. The molecule has 2 amide bonds. The fourth-order valence-corrected chi connectivity index (χ4v) is 5.48. The Morgan fingerprint density at radius 2 is 1.49 bits per heavy atom. The lowest BCUT2D eigenvalue weighted by atomic mass is 10.0. The fraction of sp³-hybridized carbons (Fsp3) is 0.333. The highest BCUT2D eigenvalue weighted by atomic mass is 32.2. The van der Waals surface area contributed by atoms with E-state index in [9.17, 15) is 22.4 Å². The quantitative estimate of drug-likeness (QED) is 0.382. The smallest absolute Gasteiger partial charge is 0.244 e. The number of sulfonamides is 1. The fourth-order valence-electron chi connectivity index (χ4n) is 4.52. The van der Waals surface area contributed by atoms with Crippen molar-refractivity contribution in [2.24, 2.45) is 0 Å². The summed E-state index contributed by atoms with van der Waals surface area (Å²) in [5, 5.41) is 2.87. The highest BCUT2D eigenvalue weighted by Gasteiger charge is 2.34. The van der Waals surface area contributed by atoms with E-state index in [-0.39, 0.29) is 24.6 Å². The molecule has 1 atom stereocenters. The molecule has 0 aliphatic rings. The molecule has 0 aromatic heterocycles. The van der Waals surface area contributed by atoms with Gasteiger partial charge in [0.15, 0.2) is 0 Å². The predicted molar refractivity (Wildman–Crippen MR) is 152 cm³/mol. The summed E-state index contributed by atoms with van der Waals surface area (Å²) in [4.78, 5) is 28.8. The second-order valence-electron chi connectivity index (χ2n) is 9.99. The number of carbonyl (C=O) groups excluding carboxylic acids is 2. The van der Waals surface area contributed by atoms with Gasteiger partial charge in [0.1, 0.15) is 18.4 Å². The van der Waals surface area contributed by atoms with Crippen LogP contribution >= 0.6 is 0 Å². The summed E-state index contributed by atoms with van der Waals surface area (Å²) >= 11 is 0. The van der Waals surface area contributed by atoms with Gasteiger partial charge in [-0.25, -0.2) is 12.8 Å². The van der Waals surface area contributed by atoms with Gasteiger partial charge in [-0.15, -0.1) is 0 Å². The number of hydrogen-bond acceptors (Lipinski definition) is 4. The Labute approximate surface area is 230 Å². The van der Waals surface area contributed by atoms with E-state index in [1.54, 1.807) is 44.2 Å². The molecule has 208 valence electrons. The van der Waals surface area contributed by atoms with Crippen LogP contribution in [0.1, 0.15) is 36.1 Å². The Morgan fingerprint density at radius 3 is 2.05 bits per heavy atom. The van der Waals surface area contributed by atoms with Gasteiger partial charge in [-0.2, -0.15) is 0 Å². The first-order valence-electron chi connectivity index (χ1n) is 12.8. The Kier molecular flexibility index (Phi) is 9.86. The molecule has 0 unspecified atom stereocenters. The van der Waals surface area contributed by atoms with Crippen LogP contribution in [0.25, 0.3) is 0 Å². The van der Waals surface area contributed by atoms with Gasteiger partial charge in [0.25, 0.3) is 0 Å². The van der Waals surface area contributed by atoms with Crippen LogP contribution in [0.5, 0.6) is 0 Å². The highest BCUT2D eigenvalue weighted by Crippen LogP contribution is 2.27. The molecule has 0 heterocycles. The third-order valence-corrected chi connectivity index (χ3v) is 7.48. The Balaban J connectivity index is 2.10. The molecule has 3 rings (SSSR count). The van der Waals surface area contributed by atoms with Crippen molar-refractivity contribution in [1.82, 2.24) is 10.2 Å². The van der Waals surface area contributed by atoms with E-state index in [1.807, 2.05) is 50.2 Å². The number of aryl methyl sites for hydroxylation is 2. The average molecular weight is 554 g/mol. The summed E-state index contributed by atoms with van der Waals surface area (Å²) in [6.45, 7) is 6.42. The third kappa shape index (κ3) is 7.89. The summed E-state index contributed by atoms with van der Waals surface area (Å²) < 4.78 is 41.8. The number of amides is 2. The normalized spacial score (nSPS) is 12.2. The molecule has 0 fully saturated rings. The first kappa shape index (κ1) is 29.8. The molecule has 39 heavy (non-hydrogen) atoms. The van der Waals surface area contributed by atoms with E-state index in [1.165, 1.54) is 11.0 Å². The van der Waals surface area contributed by atoms with Crippen LogP contribution in [0.3, 0.4) is 0 Å². The molecular weight excluding hydrogens is 517 g/mol. The molecule has 7 nitrogen and oxygen atoms in total. The van der Waals surface area contributed by atoms with E-state index in [0.29, 0.717) is 16.8 Å². The number of hydrogen-bond donors (Lipinski definition) is 1. The van der Waals surface area contributed by atoms with Crippen LogP contribution in [0.2, 0.25) is 0 Å². The predicted octanol–water partition coefficient (Wildman–Crippen LogP) is 4.37. The largest absolute Gasteiger partial charge is 0.352 e. The van der Waals surface area contributed by atoms with E-state index < -0.39 is 40.2 Å². The first-order valence-corrected chi connectivity index (χ1v) is 14.6. The zero-order valence-electron chi connectivity index (χ0n) is 23.0. The second kappa shape index (κ2) is 12.9. The number of carbonyl (C=O) groups is 2. The number of anilines is 1. The van der Waals surface area contributed by atoms with E-state index in [4.69, 9.17) is 0 Å². The lowest BCUT2D eigenvalue weighted by molar-refractivity contribution is -0.140. The summed E-state index contributed by atoms with van der Waals surface area (Å²) in [6.07, 6.45) is 1.21. The monoisotopic (exact) mass is 553 g/mol. The summed E-state index contributed by atoms with van der Waals surface area (Å²) in [5.41, 5.74) is 2.81. The van der Waals surface area contributed by atoms with Gasteiger partial charge >= 0.3 is 0 Å². The Bertz CT molecular complexity index is 1390. The van der Waals surface area contributed by atoms with Gasteiger partial charge in [0.2, 0.25) is 21.8 Å². The van der Waals surface area contributed by atoms with Crippen LogP contribution in [0.15, 0.2) is 72.8 Å². The van der Waals surface area contributed by atoms with Crippen molar-refractivity contribution in [3.8, 4) is 0 Å². The number of para-hydroxylation sites is 1. The number of rotatable bonds is 11. The highest BCUT2D eigenvalue weighted by molar-refractivity contribution is 7.92. The second-order valence-corrected chi connectivity index (χ2v) is 11.9. The molecular formula is C30H36FN3O4S. The lowest BCUT2D eigenvalue weighted by Crippen LogP contribution is -2.54. The molecule has 0 bridgehead atoms. The van der Waals surface area contributed by atoms with E-state index >= 15 is 0 Å². The maximum absolute atomic E-state index is 14.8. The van der Waals surface area contributed by atoms with Gasteiger partial charge in [0, 0.05) is 24.6 Å². The van der Waals surface area contributed by atoms with Gasteiger partial charge in [-0.3, -0.25) is 13.9 Å². The minimum absolute atomic E-state index is 0.169. The number of halogens is 1. The molecule has 0 aliphatic heterocycles. The number of nitrogens with one attached hydrogen (secondary N) is 1. The Hall–Kier alpha value is -3.72. The SMILES string of the molecule is Cc1cccc(C)c1N(CC(=O)N(Cc1ccccc1F)[C@H](Cc1ccccc1)C(=O)NC(C)C)S(C)(=O)=O. The van der Waals surface area contributed by atoms with Crippen molar-refractivity contribution < 1.29 is 22.4 Å². The minimum atomic E-state index is -3.89. The average Bonchev–Trinajstić information content (AvgIpc) is 2.86. The van der Waals surface area contributed by atoms with E-state index in [0.717, 1.165) is 16.1 Å². The van der Waals surface area contributed by atoms with Crippen LogP contribution in [-0.4, -0.2) is 50.0 Å². The molecule has 0 saturated heterocycles. The van der Waals surface area contributed by atoms with Gasteiger partial charge in [-0.1, -0.05) is 66.7 Å². The van der Waals surface area contributed by atoms with Crippen molar-refractivity contribution in [2.75, 3.05) is 17.1 Å². The van der Waals surface area contributed by atoms with Crippen molar-refractivity contribution in [2.45, 2.75) is 52.7 Å². The number of benzene rings is 3. The zero-order valence-corrected chi connectivity index (χ0v) is 23.8. The zero-order chi connectivity index (χ0) is 28.7. The van der Waals surface area contributed by atoms with Crippen molar-refractivity contribution in [3.05, 3.63) is 101 Å². The lowest BCUT2D eigenvalue weighted by Gasteiger charge is -2.34. The van der Waals surface area contributed by atoms with Gasteiger partial charge < -0.3 is 10.2 Å². The summed E-state index contributed by atoms with van der Waals surface area (Å²) in [7, 11) is -3.89. The van der Waals surface area contributed by atoms with Crippen LogP contribution < -0.4 is 9.62 Å². The van der Waals surface area contributed by atoms with Gasteiger partial charge in [-0.05, 0) is 50.5 Å². The topological polar surface area (TPSA) is 86.8 Å². The maximum atomic E-state index is 14.8. The molecule has 0 saturated carbocycles. The Morgan fingerprint density at radius 1 is 0.897 bits per heavy atom. The van der Waals surface area contributed by atoms with Crippen LogP contribution in [-0.2, 0) is 32.6 Å². The third-order valence-electron chi connectivity index (χ3n) is 6.37. The van der Waals surface area contributed by atoms with Crippen molar-refractivity contribution >= 4 is 27.5 Å². The van der Waals surface area contributed by atoms with Crippen LogP contribution in [0, 0.1) is 19.7 Å². The number of nitrogens with zero attached hydrogens (tertiary/aromatic N) is 2. The summed E-state index contributed by atoms with van der Waals surface area (Å²) in [6, 6.07) is 19.4. The van der Waals surface area contributed by atoms with E-state index in [2.05, 4.69) is 5.32 Å². The molecule has 3 aromatic rings. The van der Waals surface area contributed by atoms with Crippen molar-refractivity contribution in [3.63, 3.8) is 0 Å². The summed E-state index contributed by atoms with van der Waals surface area (Å²) in [5.74, 6) is -1.55. The first-order chi connectivity index (χ1) is 18.4. The molecule has 9 heteroatoms. The molecule has 1 N–H and O–H groups in total. The standard InChI is InChI=1S/C30H36FN3O4S/c1-21(2)32-30(36)27(18-24-14-7-6-8-15-24)33(19-25-16-9-10-17-26(25)31)28(35)20-34(39(5,37)38)29-22(3)12-11-13-23(29)4/h6-17,21,27H,18-20H2,1-5H3,(H,32,36)/t27-/m1/s1. The van der Waals surface area contributed by atoms with Crippen LogP contribution in [0.4, 0.5) is 10.1 Å². The maximum Gasteiger partial charge on any atom is 0.244 e.